The second kappa shape index (κ2) is 7.04. The molecule has 0 spiro atoms. The SMILES string of the molecule is COc1c2c(cc3c1[C@H](CN=Cc1c(O)[nH]c(=O)[nH]c1=O)[NH+](C)CC3)OCO2. The van der Waals surface area contributed by atoms with E-state index in [0.717, 1.165) is 24.1 Å². The van der Waals surface area contributed by atoms with Gasteiger partial charge in [-0.25, -0.2) is 4.79 Å². The van der Waals surface area contributed by atoms with Gasteiger partial charge in [0.05, 0.1) is 32.8 Å². The number of aromatic nitrogens is 2. The highest BCUT2D eigenvalue weighted by Gasteiger charge is 2.36. The summed E-state index contributed by atoms with van der Waals surface area (Å²) in [6.45, 7) is 1.42. The Morgan fingerprint density at radius 1 is 1.39 bits per heavy atom. The molecule has 2 atom stereocenters. The first-order valence-corrected chi connectivity index (χ1v) is 8.86. The molecule has 0 fully saturated rings. The number of ether oxygens (including phenoxy) is 3. The number of methoxy groups -OCH3 is 1. The van der Waals surface area contributed by atoms with Crippen molar-refractivity contribution in [2.75, 3.05) is 34.0 Å². The zero-order valence-corrected chi connectivity index (χ0v) is 15.5. The summed E-state index contributed by atoms with van der Waals surface area (Å²) < 4.78 is 16.7. The lowest BCUT2D eigenvalue weighted by Gasteiger charge is -2.32. The Morgan fingerprint density at radius 3 is 2.96 bits per heavy atom. The van der Waals surface area contributed by atoms with Crippen LogP contribution in [-0.2, 0) is 6.42 Å². The van der Waals surface area contributed by atoms with Crippen molar-refractivity contribution in [3.63, 3.8) is 0 Å². The molecule has 28 heavy (non-hydrogen) atoms. The number of hydrogen-bond donors (Lipinski definition) is 4. The van der Waals surface area contributed by atoms with Crippen molar-refractivity contribution >= 4 is 6.21 Å². The van der Waals surface area contributed by atoms with Crippen molar-refractivity contribution in [1.29, 1.82) is 0 Å². The van der Waals surface area contributed by atoms with E-state index < -0.39 is 17.1 Å². The van der Waals surface area contributed by atoms with E-state index >= 15 is 0 Å². The molecule has 4 N–H and O–H groups in total. The van der Waals surface area contributed by atoms with E-state index in [1.807, 2.05) is 6.07 Å². The monoisotopic (exact) mass is 389 g/mol. The highest BCUT2D eigenvalue weighted by Crippen LogP contribution is 2.47. The summed E-state index contributed by atoms with van der Waals surface area (Å²) in [6, 6.07) is 1.95. The standard InChI is InChI=1S/C18H20N4O6/c1-22-4-3-9-5-12-14(28-8-27-12)15(26-2)13(9)11(22)7-19-6-10-16(23)20-18(25)21-17(10)24/h5-6,11H,3-4,7-8H2,1-2H3,(H3,20,21,23,24,25)/p+1/t11-/m0/s1. The van der Waals surface area contributed by atoms with E-state index in [9.17, 15) is 14.7 Å². The summed E-state index contributed by atoms with van der Waals surface area (Å²) in [5.41, 5.74) is 0.566. The largest absolute Gasteiger partial charge is 0.494 e. The van der Waals surface area contributed by atoms with Crippen molar-refractivity contribution < 1.29 is 24.2 Å². The van der Waals surface area contributed by atoms with Gasteiger partial charge in [-0.2, -0.15) is 0 Å². The predicted octanol–water partition coefficient (Wildman–Crippen LogP) is -1.26. The Hall–Kier alpha value is -3.27. The van der Waals surface area contributed by atoms with Crippen molar-refractivity contribution in [2.24, 2.45) is 4.99 Å². The number of benzene rings is 1. The fraction of sp³-hybridized carbons (Fsp3) is 0.389. The minimum absolute atomic E-state index is 0.0339. The Kier molecular flexibility index (Phi) is 4.55. The van der Waals surface area contributed by atoms with E-state index in [1.54, 1.807) is 7.11 Å². The number of rotatable bonds is 4. The number of aromatic amines is 2. The molecule has 0 aliphatic carbocycles. The van der Waals surface area contributed by atoms with Gasteiger partial charge in [0, 0.05) is 12.6 Å². The lowest BCUT2D eigenvalue weighted by Crippen LogP contribution is -3.10. The molecular weight excluding hydrogens is 368 g/mol. The summed E-state index contributed by atoms with van der Waals surface area (Å²) in [5, 5.41) is 9.78. The number of likely N-dealkylation sites (N-methyl/N-ethyl adjacent to an activating group) is 1. The Balaban J connectivity index is 1.69. The van der Waals surface area contributed by atoms with Crippen LogP contribution in [0.1, 0.15) is 22.7 Å². The van der Waals surface area contributed by atoms with E-state index in [0.29, 0.717) is 23.8 Å². The maximum Gasteiger partial charge on any atom is 0.328 e. The molecule has 0 amide bonds. The topological polar surface area (TPSA) is 130 Å². The molecule has 2 aliphatic heterocycles. The van der Waals surface area contributed by atoms with Crippen molar-refractivity contribution in [3.8, 4) is 23.1 Å². The molecule has 1 aromatic heterocycles. The van der Waals surface area contributed by atoms with Crippen molar-refractivity contribution in [3.05, 3.63) is 43.6 Å². The summed E-state index contributed by atoms with van der Waals surface area (Å²) >= 11 is 0. The normalized spacial score (nSPS) is 20.4. The molecule has 1 aromatic carbocycles. The zero-order chi connectivity index (χ0) is 19.8. The molecule has 2 aromatic rings. The number of H-pyrrole nitrogens is 2. The molecule has 2 aliphatic rings. The minimum Gasteiger partial charge on any atom is -0.494 e. The number of aromatic hydroxyl groups is 1. The van der Waals surface area contributed by atoms with Gasteiger partial charge in [0.2, 0.25) is 18.4 Å². The molecule has 148 valence electrons. The van der Waals surface area contributed by atoms with Gasteiger partial charge < -0.3 is 24.2 Å². The van der Waals surface area contributed by atoms with Gasteiger partial charge >= 0.3 is 5.69 Å². The van der Waals surface area contributed by atoms with E-state index in [-0.39, 0.29) is 18.4 Å². The van der Waals surface area contributed by atoms with Gasteiger partial charge in [-0.15, -0.1) is 0 Å². The van der Waals surface area contributed by atoms with Crippen LogP contribution in [0.2, 0.25) is 0 Å². The van der Waals surface area contributed by atoms with Crippen LogP contribution in [0.25, 0.3) is 0 Å². The summed E-state index contributed by atoms with van der Waals surface area (Å²) in [7, 11) is 3.66. The number of hydrogen-bond acceptors (Lipinski definition) is 7. The third-order valence-corrected chi connectivity index (χ3v) is 5.15. The summed E-state index contributed by atoms with van der Waals surface area (Å²) in [6.07, 6.45) is 2.14. The average molecular weight is 389 g/mol. The van der Waals surface area contributed by atoms with Crippen LogP contribution >= 0.6 is 0 Å². The highest BCUT2D eigenvalue weighted by atomic mass is 16.7. The number of nitrogens with zero attached hydrogens (tertiary/aromatic N) is 1. The van der Waals surface area contributed by atoms with Crippen LogP contribution in [-0.4, -0.2) is 55.3 Å². The molecule has 4 rings (SSSR count). The quantitative estimate of drug-likeness (QED) is 0.483. The van der Waals surface area contributed by atoms with Crippen LogP contribution in [0.15, 0.2) is 20.6 Å². The van der Waals surface area contributed by atoms with Crippen molar-refractivity contribution in [1.82, 2.24) is 9.97 Å². The molecule has 0 saturated carbocycles. The fourth-order valence-corrected chi connectivity index (χ4v) is 3.72. The minimum atomic E-state index is -0.772. The zero-order valence-electron chi connectivity index (χ0n) is 15.5. The van der Waals surface area contributed by atoms with Gasteiger partial charge in [0.1, 0.15) is 11.6 Å². The highest BCUT2D eigenvalue weighted by molar-refractivity contribution is 5.81. The third kappa shape index (κ3) is 3.01. The second-order valence-electron chi connectivity index (χ2n) is 6.78. The first kappa shape index (κ1) is 18.1. The smallest absolute Gasteiger partial charge is 0.328 e. The predicted molar refractivity (Wildman–Crippen MR) is 99.1 cm³/mol. The van der Waals surface area contributed by atoms with Gasteiger partial charge in [-0.05, 0) is 11.6 Å². The molecule has 3 heterocycles. The lowest BCUT2D eigenvalue weighted by molar-refractivity contribution is -0.912. The first-order valence-electron chi connectivity index (χ1n) is 8.86. The van der Waals surface area contributed by atoms with Crippen LogP contribution in [0, 0.1) is 0 Å². The first-order chi connectivity index (χ1) is 13.5. The van der Waals surface area contributed by atoms with E-state index in [1.165, 1.54) is 11.1 Å². The molecule has 0 bridgehead atoms. The molecule has 0 radical (unpaired) electrons. The Bertz CT molecular complexity index is 1060. The van der Waals surface area contributed by atoms with E-state index in [4.69, 9.17) is 14.2 Å². The van der Waals surface area contributed by atoms with E-state index in [2.05, 4.69) is 22.0 Å². The van der Waals surface area contributed by atoms with Gasteiger partial charge in [-0.3, -0.25) is 19.8 Å². The van der Waals surface area contributed by atoms with Gasteiger partial charge in [0.25, 0.3) is 5.56 Å². The number of quaternary nitrogens is 1. The molecule has 0 saturated heterocycles. The number of aliphatic imine (C=N–C) groups is 1. The van der Waals surface area contributed by atoms with Gasteiger partial charge in [-0.1, -0.05) is 0 Å². The third-order valence-electron chi connectivity index (χ3n) is 5.15. The Morgan fingerprint density at radius 2 is 2.21 bits per heavy atom. The van der Waals surface area contributed by atoms with Crippen LogP contribution in [0.4, 0.5) is 0 Å². The Labute approximate surface area is 159 Å². The fourth-order valence-electron chi connectivity index (χ4n) is 3.72. The summed E-state index contributed by atoms with van der Waals surface area (Å²) in [4.78, 5) is 32.8. The van der Waals surface area contributed by atoms with Crippen molar-refractivity contribution in [2.45, 2.75) is 12.5 Å². The molecule has 10 heteroatoms. The van der Waals surface area contributed by atoms with Crippen LogP contribution in [0.3, 0.4) is 0 Å². The van der Waals surface area contributed by atoms with Crippen LogP contribution in [0.5, 0.6) is 23.1 Å². The lowest BCUT2D eigenvalue weighted by atomic mass is 9.91. The maximum absolute atomic E-state index is 11.9. The molecule has 10 nitrogen and oxygen atoms in total. The number of nitrogens with one attached hydrogen (secondary N) is 3. The number of fused-ring (bicyclic) bond motifs is 2. The van der Waals surface area contributed by atoms with Crippen LogP contribution < -0.4 is 30.4 Å². The second-order valence-corrected chi connectivity index (χ2v) is 6.78. The molecule has 1 unspecified atom stereocenters. The average Bonchev–Trinajstić information content (AvgIpc) is 3.11. The van der Waals surface area contributed by atoms with Gasteiger partial charge in [0.15, 0.2) is 11.5 Å². The maximum atomic E-state index is 11.9. The summed E-state index contributed by atoms with van der Waals surface area (Å²) in [5.74, 6) is 1.42. The molecular formula is C18H21N4O6+.